The highest BCUT2D eigenvalue weighted by molar-refractivity contribution is 4.91. The Kier molecular flexibility index (Phi) is 3.83. The van der Waals surface area contributed by atoms with Gasteiger partial charge >= 0.3 is 0 Å². The third-order valence-corrected chi connectivity index (χ3v) is 1.22. The van der Waals surface area contributed by atoms with Crippen LogP contribution in [0.25, 0.3) is 0 Å². The predicted molar refractivity (Wildman–Crippen MR) is 32.3 cm³/mol. The smallest absolute Gasteiger partial charge is 0.0519 e. The van der Waals surface area contributed by atoms with E-state index in [1.54, 1.807) is 0 Å². The minimum Gasteiger partial charge on any atom is -0.396 e. The second-order valence-corrected chi connectivity index (χ2v) is 2.13. The standard InChI is InChI=1S/C6H13O2/c1-5(2)6(3-7)4-8/h5,7-8H,3-4H2,1-2H3. The summed E-state index contributed by atoms with van der Waals surface area (Å²) < 4.78 is 0. The van der Waals surface area contributed by atoms with Crippen LogP contribution in [-0.4, -0.2) is 23.4 Å². The molecule has 0 bridgehead atoms. The van der Waals surface area contributed by atoms with Gasteiger partial charge in [0, 0.05) is 5.92 Å². The van der Waals surface area contributed by atoms with E-state index in [1.807, 2.05) is 13.8 Å². The average Bonchev–Trinajstić information content (AvgIpc) is 1.69. The molecule has 0 aliphatic rings. The summed E-state index contributed by atoms with van der Waals surface area (Å²) in [5.74, 6) is 1.09. The molecule has 0 aromatic rings. The van der Waals surface area contributed by atoms with Crippen LogP contribution in [0.15, 0.2) is 0 Å². The van der Waals surface area contributed by atoms with Crippen LogP contribution >= 0.6 is 0 Å². The lowest BCUT2D eigenvalue weighted by Crippen LogP contribution is -2.14. The van der Waals surface area contributed by atoms with Crippen LogP contribution in [0, 0.1) is 11.8 Å². The largest absolute Gasteiger partial charge is 0.396 e. The Morgan fingerprint density at radius 3 is 1.62 bits per heavy atom. The van der Waals surface area contributed by atoms with E-state index in [1.165, 1.54) is 0 Å². The van der Waals surface area contributed by atoms with Crippen molar-refractivity contribution in [1.29, 1.82) is 0 Å². The molecule has 8 heavy (non-hydrogen) atoms. The summed E-state index contributed by atoms with van der Waals surface area (Å²) in [6.45, 7) is 3.91. The van der Waals surface area contributed by atoms with Crippen LogP contribution in [0.3, 0.4) is 0 Å². The van der Waals surface area contributed by atoms with Gasteiger partial charge < -0.3 is 10.2 Å². The number of rotatable bonds is 3. The maximum Gasteiger partial charge on any atom is 0.0519 e. The van der Waals surface area contributed by atoms with Gasteiger partial charge in [-0.25, -0.2) is 0 Å². The van der Waals surface area contributed by atoms with Crippen molar-refractivity contribution in [2.45, 2.75) is 13.8 Å². The SMILES string of the molecule is CC(C)[C](CO)CO. The zero-order valence-corrected chi connectivity index (χ0v) is 5.39. The Morgan fingerprint density at radius 2 is 1.62 bits per heavy atom. The van der Waals surface area contributed by atoms with E-state index in [2.05, 4.69) is 0 Å². The lowest BCUT2D eigenvalue weighted by Gasteiger charge is -2.12. The summed E-state index contributed by atoms with van der Waals surface area (Å²) in [5.41, 5.74) is 0. The van der Waals surface area contributed by atoms with Crippen molar-refractivity contribution < 1.29 is 10.2 Å². The molecule has 0 amide bonds. The van der Waals surface area contributed by atoms with Gasteiger partial charge in [0.1, 0.15) is 0 Å². The molecule has 2 N–H and O–H groups in total. The van der Waals surface area contributed by atoms with Gasteiger partial charge in [-0.15, -0.1) is 0 Å². The predicted octanol–water partition coefficient (Wildman–Crippen LogP) is 0.201. The Hall–Kier alpha value is -0.0800. The summed E-state index contributed by atoms with van der Waals surface area (Å²) in [7, 11) is 0. The highest BCUT2D eigenvalue weighted by Gasteiger charge is 2.09. The first-order chi connectivity index (χ1) is 3.72. The lowest BCUT2D eigenvalue weighted by atomic mass is 9.98. The van der Waals surface area contributed by atoms with Gasteiger partial charge in [0.15, 0.2) is 0 Å². The molecule has 0 heterocycles. The summed E-state index contributed by atoms with van der Waals surface area (Å²) in [4.78, 5) is 0. The number of hydrogen-bond donors (Lipinski definition) is 2. The highest BCUT2D eigenvalue weighted by atomic mass is 16.3. The minimum absolute atomic E-state index is 0.00810. The van der Waals surface area contributed by atoms with Crippen molar-refractivity contribution in [3.05, 3.63) is 5.92 Å². The topological polar surface area (TPSA) is 40.5 Å². The molecule has 0 saturated carbocycles. The van der Waals surface area contributed by atoms with E-state index in [9.17, 15) is 0 Å². The third kappa shape index (κ3) is 2.28. The van der Waals surface area contributed by atoms with Gasteiger partial charge in [-0.3, -0.25) is 0 Å². The van der Waals surface area contributed by atoms with Crippen LogP contribution in [0.5, 0.6) is 0 Å². The quantitative estimate of drug-likeness (QED) is 0.554. The van der Waals surface area contributed by atoms with Crippen molar-refractivity contribution in [3.63, 3.8) is 0 Å². The normalized spacial score (nSPS) is 11.2. The van der Waals surface area contributed by atoms with Crippen molar-refractivity contribution in [1.82, 2.24) is 0 Å². The monoisotopic (exact) mass is 117 g/mol. The fraction of sp³-hybridized carbons (Fsp3) is 0.833. The van der Waals surface area contributed by atoms with Gasteiger partial charge in [-0.05, 0) is 5.92 Å². The van der Waals surface area contributed by atoms with Crippen LogP contribution < -0.4 is 0 Å². The first kappa shape index (κ1) is 7.92. The highest BCUT2D eigenvalue weighted by Crippen LogP contribution is 2.09. The molecule has 0 aliphatic heterocycles. The number of hydrogen-bond acceptors (Lipinski definition) is 2. The Balaban J connectivity index is 3.35. The number of aliphatic hydroxyl groups is 2. The zero-order valence-electron chi connectivity index (χ0n) is 5.39. The second kappa shape index (κ2) is 3.87. The fourth-order valence-corrected chi connectivity index (χ4v) is 0.415. The molecule has 0 rings (SSSR count). The van der Waals surface area contributed by atoms with E-state index in [-0.39, 0.29) is 13.2 Å². The van der Waals surface area contributed by atoms with E-state index in [0.29, 0.717) is 5.92 Å². The van der Waals surface area contributed by atoms with Crippen molar-refractivity contribution in [2.75, 3.05) is 13.2 Å². The van der Waals surface area contributed by atoms with Crippen molar-refractivity contribution in [2.24, 2.45) is 5.92 Å². The maximum atomic E-state index is 8.50. The van der Waals surface area contributed by atoms with Gasteiger partial charge in [0.25, 0.3) is 0 Å². The molecule has 0 aromatic carbocycles. The first-order valence-corrected chi connectivity index (χ1v) is 2.78. The van der Waals surface area contributed by atoms with Crippen LogP contribution in [0.2, 0.25) is 0 Å². The molecule has 0 atom stereocenters. The van der Waals surface area contributed by atoms with Crippen LogP contribution in [-0.2, 0) is 0 Å². The summed E-state index contributed by atoms with van der Waals surface area (Å²) >= 11 is 0. The van der Waals surface area contributed by atoms with Crippen molar-refractivity contribution >= 4 is 0 Å². The van der Waals surface area contributed by atoms with Gasteiger partial charge in [-0.1, -0.05) is 13.8 Å². The molecule has 1 radical (unpaired) electrons. The molecule has 0 aliphatic carbocycles. The zero-order chi connectivity index (χ0) is 6.57. The molecule has 2 nitrogen and oxygen atoms in total. The van der Waals surface area contributed by atoms with E-state index >= 15 is 0 Å². The molecule has 0 fully saturated rings. The second-order valence-electron chi connectivity index (χ2n) is 2.13. The lowest BCUT2D eigenvalue weighted by molar-refractivity contribution is 0.220. The maximum absolute atomic E-state index is 8.50. The van der Waals surface area contributed by atoms with Gasteiger partial charge in [0.05, 0.1) is 13.2 Å². The first-order valence-electron chi connectivity index (χ1n) is 2.78. The van der Waals surface area contributed by atoms with Crippen molar-refractivity contribution in [3.8, 4) is 0 Å². The number of aliphatic hydroxyl groups excluding tert-OH is 2. The summed E-state index contributed by atoms with van der Waals surface area (Å²) in [6, 6.07) is 0. The van der Waals surface area contributed by atoms with Crippen LogP contribution in [0.4, 0.5) is 0 Å². The van der Waals surface area contributed by atoms with Crippen LogP contribution in [0.1, 0.15) is 13.8 Å². The fourth-order valence-electron chi connectivity index (χ4n) is 0.415. The Bertz CT molecular complexity index is 48.5. The summed E-state index contributed by atoms with van der Waals surface area (Å²) in [5, 5.41) is 17.0. The molecule has 0 aromatic heterocycles. The molecular weight excluding hydrogens is 104 g/mol. The molecule has 0 saturated heterocycles. The molecule has 0 unspecified atom stereocenters. The molecule has 2 heteroatoms. The van der Waals surface area contributed by atoms with Gasteiger partial charge in [-0.2, -0.15) is 0 Å². The Labute approximate surface area is 50.2 Å². The van der Waals surface area contributed by atoms with E-state index in [0.717, 1.165) is 5.92 Å². The van der Waals surface area contributed by atoms with E-state index < -0.39 is 0 Å². The molecular formula is C6H13O2. The summed E-state index contributed by atoms with van der Waals surface area (Å²) in [6.07, 6.45) is 0. The Morgan fingerprint density at radius 1 is 1.25 bits per heavy atom. The third-order valence-electron chi connectivity index (χ3n) is 1.22. The minimum atomic E-state index is 0.00810. The average molecular weight is 117 g/mol. The molecule has 49 valence electrons. The van der Waals surface area contributed by atoms with Gasteiger partial charge in [0.2, 0.25) is 0 Å². The van der Waals surface area contributed by atoms with E-state index in [4.69, 9.17) is 10.2 Å². The molecule has 0 spiro atoms.